The Balaban J connectivity index is 1.79. The van der Waals surface area contributed by atoms with Gasteiger partial charge in [0, 0.05) is 38.3 Å². The van der Waals surface area contributed by atoms with Crippen molar-refractivity contribution < 1.29 is 14.6 Å². The summed E-state index contributed by atoms with van der Waals surface area (Å²) in [7, 11) is 1.54. The van der Waals surface area contributed by atoms with Gasteiger partial charge in [-0.15, -0.1) is 0 Å². The molecule has 0 spiro atoms. The lowest BCUT2D eigenvalue weighted by Crippen LogP contribution is -2.45. The maximum absolute atomic E-state index is 11.7. The van der Waals surface area contributed by atoms with E-state index in [-0.39, 0.29) is 18.3 Å². The highest BCUT2D eigenvalue weighted by atomic mass is 79.9. The van der Waals surface area contributed by atoms with Crippen LogP contribution in [-0.2, 0) is 16.1 Å². The van der Waals surface area contributed by atoms with Crippen LogP contribution in [0.1, 0.15) is 18.4 Å². The van der Waals surface area contributed by atoms with Gasteiger partial charge >= 0.3 is 0 Å². The predicted molar refractivity (Wildman–Crippen MR) is 84.1 cm³/mol. The Morgan fingerprint density at radius 3 is 2.86 bits per heavy atom. The number of nitrogens with one attached hydrogen (secondary N) is 1. The average Bonchev–Trinajstić information content (AvgIpc) is 2.49. The standard InChI is InChI=1S/C15H21BrN2O3/c1-21-10-14(19)18-7-5-12(6-8-18)17-9-11-3-2-4-13(16)15(11)20/h2-4,12,17,20H,5-10H2,1H3. The fourth-order valence-electron chi connectivity index (χ4n) is 2.50. The number of aromatic hydroxyl groups is 1. The molecule has 2 rings (SSSR count). The number of nitrogens with zero attached hydrogens (tertiary/aromatic N) is 1. The monoisotopic (exact) mass is 356 g/mol. The topological polar surface area (TPSA) is 61.8 Å². The summed E-state index contributed by atoms with van der Waals surface area (Å²) >= 11 is 3.32. The van der Waals surface area contributed by atoms with E-state index in [1.807, 2.05) is 23.1 Å². The second-order valence-electron chi connectivity index (χ2n) is 5.22. The molecule has 0 aliphatic carbocycles. The SMILES string of the molecule is COCC(=O)N1CCC(NCc2cccc(Br)c2O)CC1. The van der Waals surface area contributed by atoms with Gasteiger partial charge < -0.3 is 20.1 Å². The first kappa shape index (κ1) is 16.3. The fourth-order valence-corrected chi connectivity index (χ4v) is 2.91. The average molecular weight is 357 g/mol. The van der Waals surface area contributed by atoms with Gasteiger partial charge in [0.2, 0.25) is 5.91 Å². The Bertz CT molecular complexity index is 488. The first-order valence-electron chi connectivity index (χ1n) is 7.08. The third-order valence-electron chi connectivity index (χ3n) is 3.77. The van der Waals surface area contributed by atoms with Crippen LogP contribution in [0.4, 0.5) is 0 Å². The molecule has 0 atom stereocenters. The van der Waals surface area contributed by atoms with E-state index in [9.17, 15) is 9.90 Å². The van der Waals surface area contributed by atoms with E-state index in [1.54, 1.807) is 0 Å². The number of likely N-dealkylation sites (tertiary alicyclic amines) is 1. The fraction of sp³-hybridized carbons (Fsp3) is 0.533. The lowest BCUT2D eigenvalue weighted by molar-refractivity contribution is -0.136. The number of phenolic OH excluding ortho intramolecular Hbond substituents is 1. The zero-order valence-corrected chi connectivity index (χ0v) is 13.7. The Hall–Kier alpha value is -1.11. The molecule has 1 fully saturated rings. The van der Waals surface area contributed by atoms with Gasteiger partial charge in [0.25, 0.3) is 0 Å². The highest BCUT2D eigenvalue weighted by Crippen LogP contribution is 2.27. The first-order chi connectivity index (χ1) is 10.1. The first-order valence-corrected chi connectivity index (χ1v) is 7.87. The van der Waals surface area contributed by atoms with Gasteiger partial charge in [-0.3, -0.25) is 4.79 Å². The molecule has 5 nitrogen and oxygen atoms in total. The Morgan fingerprint density at radius 2 is 2.19 bits per heavy atom. The van der Waals surface area contributed by atoms with E-state index >= 15 is 0 Å². The Labute approximate surface area is 133 Å². The molecule has 1 saturated heterocycles. The minimum atomic E-state index is 0.0561. The van der Waals surface area contributed by atoms with Crippen molar-refractivity contribution in [2.24, 2.45) is 0 Å². The third-order valence-corrected chi connectivity index (χ3v) is 4.41. The van der Waals surface area contributed by atoms with Crippen molar-refractivity contribution >= 4 is 21.8 Å². The molecule has 1 aliphatic rings. The molecule has 1 aromatic carbocycles. The minimum Gasteiger partial charge on any atom is -0.506 e. The number of methoxy groups -OCH3 is 1. The molecule has 0 radical (unpaired) electrons. The van der Waals surface area contributed by atoms with E-state index in [1.165, 1.54) is 7.11 Å². The third kappa shape index (κ3) is 4.43. The van der Waals surface area contributed by atoms with Gasteiger partial charge in [-0.25, -0.2) is 0 Å². The van der Waals surface area contributed by atoms with Gasteiger partial charge in [-0.05, 0) is 34.8 Å². The molecule has 0 aromatic heterocycles. The smallest absolute Gasteiger partial charge is 0.248 e. The van der Waals surface area contributed by atoms with E-state index in [4.69, 9.17) is 4.74 Å². The lowest BCUT2D eigenvalue weighted by Gasteiger charge is -2.32. The van der Waals surface area contributed by atoms with Gasteiger partial charge in [-0.2, -0.15) is 0 Å². The van der Waals surface area contributed by atoms with Crippen LogP contribution < -0.4 is 5.32 Å². The van der Waals surface area contributed by atoms with Crippen LogP contribution >= 0.6 is 15.9 Å². The molecule has 1 aliphatic heterocycles. The van der Waals surface area contributed by atoms with Crippen LogP contribution in [-0.4, -0.2) is 48.8 Å². The number of ether oxygens (including phenoxy) is 1. The molecule has 1 heterocycles. The molecule has 2 N–H and O–H groups in total. The van der Waals surface area contributed by atoms with Gasteiger partial charge in [0.15, 0.2) is 0 Å². The maximum Gasteiger partial charge on any atom is 0.248 e. The number of phenols is 1. The molecular formula is C15H21BrN2O3. The summed E-state index contributed by atoms with van der Waals surface area (Å²) in [6, 6.07) is 6.01. The number of rotatable bonds is 5. The maximum atomic E-state index is 11.7. The summed E-state index contributed by atoms with van der Waals surface area (Å²) < 4.78 is 5.58. The molecule has 1 amide bonds. The summed E-state index contributed by atoms with van der Waals surface area (Å²) in [4.78, 5) is 13.6. The molecule has 1 aromatic rings. The summed E-state index contributed by atoms with van der Waals surface area (Å²) in [5.41, 5.74) is 0.877. The Morgan fingerprint density at radius 1 is 1.48 bits per heavy atom. The second-order valence-corrected chi connectivity index (χ2v) is 6.07. The van der Waals surface area contributed by atoms with E-state index in [2.05, 4.69) is 21.2 Å². The van der Waals surface area contributed by atoms with Gasteiger partial charge in [0.05, 0.1) is 4.47 Å². The van der Waals surface area contributed by atoms with Crippen molar-refractivity contribution in [3.8, 4) is 5.75 Å². The number of benzene rings is 1. The van der Waals surface area contributed by atoms with Crippen LogP contribution in [0.5, 0.6) is 5.75 Å². The molecule has 116 valence electrons. The van der Waals surface area contributed by atoms with Gasteiger partial charge in [0.1, 0.15) is 12.4 Å². The summed E-state index contributed by atoms with van der Waals surface area (Å²) in [6.07, 6.45) is 1.84. The normalized spacial score (nSPS) is 16.2. The number of para-hydroxylation sites is 1. The number of halogens is 1. The highest BCUT2D eigenvalue weighted by molar-refractivity contribution is 9.10. The van der Waals surface area contributed by atoms with Gasteiger partial charge in [-0.1, -0.05) is 12.1 Å². The summed E-state index contributed by atoms with van der Waals surface area (Å²) in [5.74, 6) is 0.346. The molecule has 0 saturated carbocycles. The minimum absolute atomic E-state index is 0.0561. The highest BCUT2D eigenvalue weighted by Gasteiger charge is 2.22. The van der Waals surface area contributed by atoms with Crippen LogP contribution in [0.25, 0.3) is 0 Å². The number of carbonyl (C=O) groups excluding carboxylic acids is 1. The van der Waals surface area contributed by atoms with Crippen LogP contribution in [0.3, 0.4) is 0 Å². The zero-order chi connectivity index (χ0) is 15.2. The number of amides is 1. The largest absolute Gasteiger partial charge is 0.506 e. The second kappa shape index (κ2) is 7.77. The lowest BCUT2D eigenvalue weighted by atomic mass is 10.0. The van der Waals surface area contributed by atoms with Crippen molar-refractivity contribution in [1.82, 2.24) is 10.2 Å². The molecule has 6 heteroatoms. The van der Waals surface area contributed by atoms with Crippen molar-refractivity contribution in [2.75, 3.05) is 26.8 Å². The van der Waals surface area contributed by atoms with Crippen molar-refractivity contribution in [2.45, 2.75) is 25.4 Å². The zero-order valence-electron chi connectivity index (χ0n) is 12.1. The molecule has 21 heavy (non-hydrogen) atoms. The Kier molecular flexibility index (Phi) is 6.02. The number of piperidine rings is 1. The molecule has 0 unspecified atom stereocenters. The van der Waals surface area contributed by atoms with E-state index in [0.29, 0.717) is 17.1 Å². The summed E-state index contributed by atoms with van der Waals surface area (Å²) in [6.45, 7) is 2.29. The van der Waals surface area contributed by atoms with Crippen molar-refractivity contribution in [3.05, 3.63) is 28.2 Å². The van der Waals surface area contributed by atoms with E-state index in [0.717, 1.165) is 31.5 Å². The number of carbonyl (C=O) groups is 1. The van der Waals surface area contributed by atoms with Crippen molar-refractivity contribution in [3.63, 3.8) is 0 Å². The summed E-state index contributed by atoms with van der Waals surface area (Å²) in [5, 5.41) is 13.4. The predicted octanol–water partition coefficient (Wildman–Crippen LogP) is 1.88. The molecular weight excluding hydrogens is 336 g/mol. The molecule has 0 bridgehead atoms. The van der Waals surface area contributed by atoms with E-state index < -0.39 is 0 Å². The van der Waals surface area contributed by atoms with Crippen LogP contribution in [0.2, 0.25) is 0 Å². The van der Waals surface area contributed by atoms with Crippen LogP contribution in [0.15, 0.2) is 22.7 Å². The number of hydrogen-bond donors (Lipinski definition) is 2. The van der Waals surface area contributed by atoms with Crippen LogP contribution in [0, 0.1) is 0 Å². The van der Waals surface area contributed by atoms with Crippen molar-refractivity contribution in [1.29, 1.82) is 0 Å². The number of hydrogen-bond acceptors (Lipinski definition) is 4. The quantitative estimate of drug-likeness (QED) is 0.845.